The molecule has 0 radical (unpaired) electrons. The second kappa shape index (κ2) is 6.45. The molecular formula is C17H16FN3O3. The molecule has 1 aromatic carbocycles. The SMILES string of the molecule is Fc1ccc2oc(NCc3ccnc(O[C@@H]4CCOC4)c3)nc2c1. The summed E-state index contributed by atoms with van der Waals surface area (Å²) in [6.07, 6.45) is 2.64. The van der Waals surface area contributed by atoms with Gasteiger partial charge < -0.3 is 19.2 Å². The first-order chi connectivity index (χ1) is 11.8. The maximum Gasteiger partial charge on any atom is 0.295 e. The van der Waals surface area contributed by atoms with E-state index in [0.29, 0.717) is 36.1 Å². The van der Waals surface area contributed by atoms with Crippen LogP contribution < -0.4 is 10.1 Å². The minimum absolute atomic E-state index is 0.0626. The summed E-state index contributed by atoms with van der Waals surface area (Å²) < 4.78 is 29.8. The quantitative estimate of drug-likeness (QED) is 0.775. The molecule has 0 spiro atoms. The Labute approximate surface area is 137 Å². The number of fused-ring (bicyclic) bond motifs is 1. The molecule has 3 heterocycles. The highest BCUT2D eigenvalue weighted by molar-refractivity contribution is 5.74. The Hall–Kier alpha value is -2.67. The predicted octanol–water partition coefficient (Wildman–Crippen LogP) is 3.14. The third-order valence-electron chi connectivity index (χ3n) is 3.77. The third kappa shape index (κ3) is 3.30. The topological polar surface area (TPSA) is 69.4 Å². The molecule has 1 atom stereocenters. The van der Waals surface area contributed by atoms with Crippen molar-refractivity contribution in [1.29, 1.82) is 0 Å². The van der Waals surface area contributed by atoms with Gasteiger partial charge >= 0.3 is 0 Å². The van der Waals surface area contributed by atoms with E-state index in [2.05, 4.69) is 15.3 Å². The van der Waals surface area contributed by atoms with Gasteiger partial charge in [0.15, 0.2) is 5.58 Å². The van der Waals surface area contributed by atoms with Gasteiger partial charge in [0.2, 0.25) is 5.88 Å². The molecule has 0 unspecified atom stereocenters. The van der Waals surface area contributed by atoms with Crippen LogP contribution in [0, 0.1) is 5.82 Å². The number of nitrogens with zero attached hydrogens (tertiary/aromatic N) is 2. The van der Waals surface area contributed by atoms with Gasteiger partial charge in [0, 0.05) is 31.3 Å². The smallest absolute Gasteiger partial charge is 0.295 e. The molecule has 0 bridgehead atoms. The number of ether oxygens (including phenoxy) is 2. The van der Waals surface area contributed by atoms with Crippen molar-refractivity contribution in [2.45, 2.75) is 19.1 Å². The van der Waals surface area contributed by atoms with Gasteiger partial charge in [-0.15, -0.1) is 0 Å². The standard InChI is InChI=1S/C17H16FN3O3/c18-12-1-2-15-14(8-12)21-17(24-15)20-9-11-3-5-19-16(7-11)23-13-4-6-22-10-13/h1-3,5,7-8,13H,4,6,9-10H2,(H,20,21)/t13-/m1/s1. The molecule has 1 N–H and O–H groups in total. The number of hydrogen-bond acceptors (Lipinski definition) is 6. The lowest BCUT2D eigenvalue weighted by atomic mass is 10.2. The van der Waals surface area contributed by atoms with Crippen molar-refractivity contribution in [3.63, 3.8) is 0 Å². The molecule has 1 saturated heterocycles. The van der Waals surface area contributed by atoms with E-state index in [-0.39, 0.29) is 11.9 Å². The largest absolute Gasteiger partial charge is 0.472 e. The maximum absolute atomic E-state index is 13.2. The summed E-state index contributed by atoms with van der Waals surface area (Å²) in [7, 11) is 0. The molecule has 0 amide bonds. The van der Waals surface area contributed by atoms with Crippen LogP contribution in [-0.4, -0.2) is 29.3 Å². The summed E-state index contributed by atoms with van der Waals surface area (Å²) >= 11 is 0. The molecule has 1 aliphatic rings. The van der Waals surface area contributed by atoms with Gasteiger partial charge in [-0.05, 0) is 23.8 Å². The Morgan fingerprint density at radius 1 is 1.29 bits per heavy atom. The highest BCUT2D eigenvalue weighted by Gasteiger charge is 2.17. The molecule has 24 heavy (non-hydrogen) atoms. The van der Waals surface area contributed by atoms with Crippen molar-refractivity contribution in [2.24, 2.45) is 0 Å². The molecule has 0 aliphatic carbocycles. The van der Waals surface area contributed by atoms with Crippen molar-refractivity contribution >= 4 is 17.1 Å². The van der Waals surface area contributed by atoms with E-state index in [1.54, 1.807) is 12.3 Å². The normalized spacial score (nSPS) is 17.3. The van der Waals surface area contributed by atoms with Gasteiger partial charge in [-0.1, -0.05) is 0 Å². The Morgan fingerprint density at radius 3 is 3.12 bits per heavy atom. The zero-order valence-corrected chi connectivity index (χ0v) is 12.9. The Balaban J connectivity index is 1.42. The first-order valence-corrected chi connectivity index (χ1v) is 7.75. The molecule has 6 nitrogen and oxygen atoms in total. The van der Waals surface area contributed by atoms with E-state index in [1.165, 1.54) is 12.1 Å². The number of pyridine rings is 1. The molecule has 4 rings (SSSR count). The van der Waals surface area contributed by atoms with Gasteiger partial charge in [-0.25, -0.2) is 9.37 Å². The number of anilines is 1. The lowest BCUT2D eigenvalue weighted by Gasteiger charge is -2.11. The number of oxazole rings is 1. The summed E-state index contributed by atoms with van der Waals surface area (Å²) in [4.78, 5) is 8.43. The van der Waals surface area contributed by atoms with Gasteiger partial charge in [-0.3, -0.25) is 0 Å². The van der Waals surface area contributed by atoms with Crippen LogP contribution in [0.5, 0.6) is 5.88 Å². The predicted molar refractivity (Wildman–Crippen MR) is 85.4 cm³/mol. The van der Waals surface area contributed by atoms with Crippen LogP contribution in [0.3, 0.4) is 0 Å². The van der Waals surface area contributed by atoms with E-state index < -0.39 is 0 Å². The first-order valence-electron chi connectivity index (χ1n) is 7.75. The minimum atomic E-state index is -0.339. The van der Waals surface area contributed by atoms with Crippen LogP contribution in [0.1, 0.15) is 12.0 Å². The molecular weight excluding hydrogens is 313 g/mol. The number of nitrogens with one attached hydrogen (secondary N) is 1. The van der Waals surface area contributed by atoms with E-state index >= 15 is 0 Å². The van der Waals surface area contributed by atoms with Crippen LogP contribution in [0.2, 0.25) is 0 Å². The van der Waals surface area contributed by atoms with E-state index in [4.69, 9.17) is 13.9 Å². The monoisotopic (exact) mass is 329 g/mol. The van der Waals surface area contributed by atoms with E-state index in [9.17, 15) is 4.39 Å². The fourth-order valence-corrected chi connectivity index (χ4v) is 2.56. The van der Waals surface area contributed by atoms with Gasteiger partial charge in [-0.2, -0.15) is 4.98 Å². The summed E-state index contributed by atoms with van der Waals surface area (Å²) in [5, 5.41) is 3.08. The van der Waals surface area contributed by atoms with Gasteiger partial charge in [0.25, 0.3) is 6.01 Å². The molecule has 1 aliphatic heterocycles. The summed E-state index contributed by atoms with van der Waals surface area (Å²) in [6, 6.07) is 8.34. The van der Waals surface area contributed by atoms with Crippen LogP contribution >= 0.6 is 0 Å². The fourth-order valence-electron chi connectivity index (χ4n) is 2.56. The Bertz CT molecular complexity index is 846. The highest BCUT2D eigenvalue weighted by Crippen LogP contribution is 2.21. The number of benzene rings is 1. The number of hydrogen-bond donors (Lipinski definition) is 1. The van der Waals surface area contributed by atoms with Crippen molar-refractivity contribution < 1.29 is 18.3 Å². The van der Waals surface area contributed by atoms with Crippen LogP contribution in [0.25, 0.3) is 11.1 Å². The molecule has 7 heteroatoms. The maximum atomic E-state index is 13.2. The van der Waals surface area contributed by atoms with Gasteiger partial charge in [0.05, 0.1) is 13.2 Å². The molecule has 3 aromatic rings. The Kier molecular flexibility index (Phi) is 4.00. The lowest BCUT2D eigenvalue weighted by molar-refractivity contribution is 0.138. The lowest BCUT2D eigenvalue weighted by Crippen LogP contribution is -2.16. The number of rotatable bonds is 5. The van der Waals surface area contributed by atoms with E-state index in [1.807, 2.05) is 12.1 Å². The van der Waals surface area contributed by atoms with Crippen LogP contribution in [0.4, 0.5) is 10.4 Å². The highest BCUT2D eigenvalue weighted by atomic mass is 19.1. The van der Waals surface area contributed by atoms with Crippen LogP contribution in [0.15, 0.2) is 40.9 Å². The fraction of sp³-hybridized carbons (Fsp3) is 0.294. The summed E-state index contributed by atoms with van der Waals surface area (Å²) in [5.74, 6) is 0.235. The first kappa shape index (κ1) is 14.9. The number of aromatic nitrogens is 2. The van der Waals surface area contributed by atoms with Crippen LogP contribution in [-0.2, 0) is 11.3 Å². The van der Waals surface area contributed by atoms with Crippen molar-refractivity contribution in [1.82, 2.24) is 9.97 Å². The van der Waals surface area contributed by atoms with Crippen molar-refractivity contribution in [2.75, 3.05) is 18.5 Å². The average molecular weight is 329 g/mol. The third-order valence-corrected chi connectivity index (χ3v) is 3.77. The minimum Gasteiger partial charge on any atom is -0.472 e. The Morgan fingerprint density at radius 2 is 2.25 bits per heavy atom. The molecule has 124 valence electrons. The van der Waals surface area contributed by atoms with Crippen molar-refractivity contribution in [3.05, 3.63) is 47.9 Å². The summed E-state index contributed by atoms with van der Waals surface area (Å²) in [5.41, 5.74) is 2.00. The molecule has 0 saturated carbocycles. The molecule has 1 fully saturated rings. The zero-order chi connectivity index (χ0) is 16.4. The van der Waals surface area contributed by atoms with Crippen molar-refractivity contribution in [3.8, 4) is 5.88 Å². The van der Waals surface area contributed by atoms with E-state index in [0.717, 1.165) is 18.6 Å². The second-order valence-corrected chi connectivity index (χ2v) is 5.59. The average Bonchev–Trinajstić information content (AvgIpc) is 3.22. The second-order valence-electron chi connectivity index (χ2n) is 5.59. The van der Waals surface area contributed by atoms with Gasteiger partial charge in [0.1, 0.15) is 17.4 Å². The molecule has 2 aromatic heterocycles. The number of halogens is 1. The summed E-state index contributed by atoms with van der Waals surface area (Å²) in [6.45, 7) is 1.82. The zero-order valence-electron chi connectivity index (χ0n) is 12.9.